The van der Waals surface area contributed by atoms with Crippen LogP contribution in [0.25, 0.3) is 22.3 Å². The monoisotopic (exact) mass is 312 g/mol. The second-order valence-corrected chi connectivity index (χ2v) is 5.59. The highest BCUT2D eigenvalue weighted by molar-refractivity contribution is 6.13. The van der Waals surface area contributed by atoms with E-state index in [1.54, 1.807) is 12.4 Å². The molecule has 4 aromatic rings. The number of carbonyl (C=O) groups is 1. The molecule has 24 heavy (non-hydrogen) atoms. The van der Waals surface area contributed by atoms with Gasteiger partial charge in [-0.1, -0.05) is 60.7 Å². The van der Waals surface area contributed by atoms with Crippen molar-refractivity contribution in [1.82, 2.24) is 9.97 Å². The average molecular weight is 312 g/mol. The Morgan fingerprint density at radius 3 is 1.42 bits per heavy atom. The van der Waals surface area contributed by atoms with Gasteiger partial charge < -0.3 is 9.97 Å². The fourth-order valence-corrected chi connectivity index (χ4v) is 2.96. The molecule has 4 rings (SSSR count). The third-order valence-corrected chi connectivity index (χ3v) is 4.12. The molecule has 2 heterocycles. The molecule has 0 bridgehead atoms. The molecule has 0 radical (unpaired) electrons. The Balaban J connectivity index is 1.78. The number of hydrogen-bond donors (Lipinski definition) is 2. The fraction of sp³-hybridized carbons (Fsp3) is 0. The van der Waals surface area contributed by atoms with Gasteiger partial charge in [0.05, 0.1) is 11.4 Å². The molecular formula is C21H16N2O. The van der Waals surface area contributed by atoms with Crippen LogP contribution in [0.1, 0.15) is 16.2 Å². The van der Waals surface area contributed by atoms with Crippen molar-refractivity contribution in [2.45, 2.75) is 0 Å². The lowest BCUT2D eigenvalue weighted by atomic mass is 9.99. The molecule has 0 saturated heterocycles. The molecule has 0 aliphatic heterocycles. The van der Waals surface area contributed by atoms with E-state index in [-0.39, 0.29) is 5.78 Å². The van der Waals surface area contributed by atoms with Gasteiger partial charge in [0.1, 0.15) is 0 Å². The first-order valence-corrected chi connectivity index (χ1v) is 7.85. The molecule has 0 spiro atoms. The van der Waals surface area contributed by atoms with Crippen LogP contribution in [-0.4, -0.2) is 15.8 Å². The third-order valence-electron chi connectivity index (χ3n) is 4.12. The number of nitrogens with one attached hydrogen (secondary N) is 2. The van der Waals surface area contributed by atoms with E-state index in [0.717, 1.165) is 22.3 Å². The Bertz CT molecular complexity index is 886. The number of H-pyrrole nitrogens is 2. The zero-order valence-corrected chi connectivity index (χ0v) is 13.0. The summed E-state index contributed by atoms with van der Waals surface area (Å²) in [6.45, 7) is 0. The predicted molar refractivity (Wildman–Crippen MR) is 95.9 cm³/mol. The first kappa shape index (κ1) is 14.3. The molecule has 116 valence electrons. The Hall–Kier alpha value is -3.33. The second-order valence-electron chi connectivity index (χ2n) is 5.59. The van der Waals surface area contributed by atoms with Gasteiger partial charge in [0, 0.05) is 23.5 Å². The molecule has 3 heteroatoms. The van der Waals surface area contributed by atoms with Crippen LogP contribution in [0.2, 0.25) is 0 Å². The van der Waals surface area contributed by atoms with Crippen molar-refractivity contribution in [3.63, 3.8) is 0 Å². The molecule has 0 aliphatic rings. The van der Waals surface area contributed by atoms with Gasteiger partial charge in [-0.05, 0) is 23.3 Å². The van der Waals surface area contributed by atoms with Crippen LogP contribution < -0.4 is 0 Å². The van der Waals surface area contributed by atoms with Crippen molar-refractivity contribution in [2.75, 3.05) is 0 Å². The van der Waals surface area contributed by atoms with Crippen molar-refractivity contribution in [3.8, 4) is 22.3 Å². The minimum atomic E-state index is -0.0392. The summed E-state index contributed by atoms with van der Waals surface area (Å²) in [5.74, 6) is -0.0392. The van der Waals surface area contributed by atoms with E-state index in [2.05, 4.69) is 9.97 Å². The van der Waals surface area contributed by atoms with Gasteiger partial charge in [-0.2, -0.15) is 0 Å². The van der Waals surface area contributed by atoms with Crippen LogP contribution in [0.15, 0.2) is 85.2 Å². The highest BCUT2D eigenvalue weighted by atomic mass is 16.1. The summed E-state index contributed by atoms with van der Waals surface area (Å²) in [7, 11) is 0. The lowest BCUT2D eigenvalue weighted by Gasteiger charge is -2.06. The topological polar surface area (TPSA) is 48.6 Å². The smallest absolute Gasteiger partial charge is 0.226 e. The third kappa shape index (κ3) is 2.46. The van der Waals surface area contributed by atoms with Gasteiger partial charge >= 0.3 is 0 Å². The highest BCUT2D eigenvalue weighted by Gasteiger charge is 2.20. The SMILES string of the molecule is O=C(c1[nH]ccc1-c1ccccc1)c1[nH]ccc1-c1ccccc1. The van der Waals surface area contributed by atoms with E-state index in [1.165, 1.54) is 0 Å². The molecule has 0 atom stereocenters. The Morgan fingerprint density at radius 1 is 0.583 bits per heavy atom. The Kier molecular flexibility index (Phi) is 3.60. The zero-order chi connectivity index (χ0) is 16.4. The van der Waals surface area contributed by atoms with E-state index < -0.39 is 0 Å². The number of hydrogen-bond acceptors (Lipinski definition) is 1. The summed E-state index contributed by atoms with van der Waals surface area (Å²) in [5.41, 5.74) is 5.06. The molecule has 2 aromatic carbocycles. The van der Waals surface area contributed by atoms with Crippen molar-refractivity contribution in [1.29, 1.82) is 0 Å². The summed E-state index contributed by atoms with van der Waals surface area (Å²) in [6, 6.07) is 23.7. The maximum absolute atomic E-state index is 13.1. The highest BCUT2D eigenvalue weighted by Crippen LogP contribution is 2.28. The minimum absolute atomic E-state index is 0.0392. The maximum atomic E-state index is 13.1. The fourth-order valence-electron chi connectivity index (χ4n) is 2.96. The summed E-state index contributed by atoms with van der Waals surface area (Å²) in [4.78, 5) is 19.3. The van der Waals surface area contributed by atoms with Crippen molar-refractivity contribution < 1.29 is 4.79 Å². The van der Waals surface area contributed by atoms with Gasteiger partial charge in [0.2, 0.25) is 5.78 Å². The van der Waals surface area contributed by atoms with Crippen LogP contribution >= 0.6 is 0 Å². The van der Waals surface area contributed by atoms with Gasteiger partial charge in [-0.25, -0.2) is 0 Å². The van der Waals surface area contributed by atoms with Gasteiger partial charge in [-0.3, -0.25) is 4.79 Å². The molecule has 0 unspecified atom stereocenters. The maximum Gasteiger partial charge on any atom is 0.226 e. The predicted octanol–water partition coefficient (Wildman–Crippen LogP) is 4.91. The largest absolute Gasteiger partial charge is 0.358 e. The Labute approximate surface area is 140 Å². The second kappa shape index (κ2) is 6.05. The van der Waals surface area contributed by atoms with Gasteiger partial charge in [-0.15, -0.1) is 0 Å². The van der Waals surface area contributed by atoms with Crippen molar-refractivity contribution >= 4 is 5.78 Å². The molecular weight excluding hydrogens is 296 g/mol. The quantitative estimate of drug-likeness (QED) is 0.517. The van der Waals surface area contributed by atoms with Crippen LogP contribution in [0.5, 0.6) is 0 Å². The average Bonchev–Trinajstić information content (AvgIpc) is 3.32. The summed E-state index contributed by atoms with van der Waals surface area (Å²) in [6.07, 6.45) is 3.61. The minimum Gasteiger partial charge on any atom is -0.358 e. The van der Waals surface area contributed by atoms with E-state index in [0.29, 0.717) is 11.4 Å². The number of ketones is 1. The molecule has 2 N–H and O–H groups in total. The molecule has 0 aliphatic carbocycles. The summed E-state index contributed by atoms with van der Waals surface area (Å²) >= 11 is 0. The molecule has 2 aromatic heterocycles. The lowest BCUT2D eigenvalue weighted by molar-refractivity contribution is 0.103. The standard InChI is InChI=1S/C21H16N2O/c24-21(19-17(11-13-22-19)15-7-3-1-4-8-15)20-18(12-14-23-20)16-9-5-2-6-10-16/h1-14,22-23H. The number of carbonyl (C=O) groups excluding carboxylic acids is 1. The summed E-state index contributed by atoms with van der Waals surface area (Å²) in [5, 5.41) is 0. The first-order chi connectivity index (χ1) is 11.8. The molecule has 3 nitrogen and oxygen atoms in total. The van der Waals surface area contributed by atoms with Crippen LogP contribution in [0.3, 0.4) is 0 Å². The van der Waals surface area contributed by atoms with Crippen molar-refractivity contribution in [2.24, 2.45) is 0 Å². The Morgan fingerprint density at radius 2 is 1.00 bits per heavy atom. The number of rotatable bonds is 4. The van der Waals surface area contributed by atoms with Crippen LogP contribution in [0, 0.1) is 0 Å². The van der Waals surface area contributed by atoms with Crippen LogP contribution in [-0.2, 0) is 0 Å². The number of aromatic nitrogens is 2. The first-order valence-electron chi connectivity index (χ1n) is 7.85. The van der Waals surface area contributed by atoms with E-state index >= 15 is 0 Å². The lowest BCUT2D eigenvalue weighted by Crippen LogP contribution is -2.05. The number of benzene rings is 2. The van der Waals surface area contributed by atoms with Crippen molar-refractivity contribution in [3.05, 3.63) is 96.6 Å². The molecule has 0 fully saturated rings. The van der Waals surface area contributed by atoms with E-state index in [4.69, 9.17) is 0 Å². The van der Waals surface area contributed by atoms with Gasteiger partial charge in [0.15, 0.2) is 0 Å². The molecule has 0 amide bonds. The van der Waals surface area contributed by atoms with Gasteiger partial charge in [0.25, 0.3) is 0 Å². The van der Waals surface area contributed by atoms with E-state index in [1.807, 2.05) is 72.8 Å². The summed E-state index contributed by atoms with van der Waals surface area (Å²) < 4.78 is 0. The van der Waals surface area contributed by atoms with Crippen LogP contribution in [0.4, 0.5) is 0 Å². The number of aromatic amines is 2. The molecule has 0 saturated carbocycles. The normalized spacial score (nSPS) is 10.7. The zero-order valence-electron chi connectivity index (χ0n) is 13.0. The van der Waals surface area contributed by atoms with E-state index in [9.17, 15) is 4.79 Å².